The Bertz CT molecular complexity index is 379. The van der Waals surface area contributed by atoms with Gasteiger partial charge in [0.1, 0.15) is 5.76 Å². The molecule has 0 spiro atoms. The fourth-order valence-electron chi connectivity index (χ4n) is 1.51. The molecule has 0 amide bonds. The molecule has 0 aromatic heterocycles. The van der Waals surface area contributed by atoms with E-state index in [2.05, 4.69) is 5.48 Å². The van der Waals surface area contributed by atoms with Crippen LogP contribution in [0.15, 0.2) is 47.6 Å². The minimum absolute atomic E-state index is 0.0536. The largest absolute Gasteiger partial charge is 0.508 e. The molecule has 4 nitrogen and oxygen atoms in total. The van der Waals surface area contributed by atoms with Gasteiger partial charge in [-0.3, -0.25) is 0 Å². The average Bonchev–Trinajstić information content (AvgIpc) is 2.64. The molecular weight excluding hydrogens is 216 g/mol. The lowest BCUT2D eigenvalue weighted by molar-refractivity contribution is 0.124. The molecule has 1 aliphatic rings. The first kappa shape index (κ1) is 13.4. The first-order valence-corrected chi connectivity index (χ1v) is 5.68. The van der Waals surface area contributed by atoms with Gasteiger partial charge in [-0.1, -0.05) is 32.1 Å². The van der Waals surface area contributed by atoms with Crippen molar-refractivity contribution in [2.24, 2.45) is 11.7 Å². The molecule has 94 valence electrons. The summed E-state index contributed by atoms with van der Waals surface area (Å²) in [7, 11) is 0. The molecule has 0 bridgehead atoms. The smallest absolute Gasteiger partial charge is 0.207 e. The Morgan fingerprint density at radius 1 is 1.53 bits per heavy atom. The van der Waals surface area contributed by atoms with Gasteiger partial charge in [0.25, 0.3) is 0 Å². The van der Waals surface area contributed by atoms with E-state index < -0.39 is 0 Å². The zero-order valence-corrected chi connectivity index (χ0v) is 10.5. The first-order chi connectivity index (χ1) is 8.04. The van der Waals surface area contributed by atoms with Crippen LogP contribution in [0.2, 0.25) is 0 Å². The third kappa shape index (κ3) is 4.00. The van der Waals surface area contributed by atoms with E-state index in [9.17, 15) is 5.11 Å². The molecule has 0 aliphatic carbocycles. The number of allylic oxidation sites excluding steroid dienone is 4. The van der Waals surface area contributed by atoms with Gasteiger partial charge in [-0.2, -0.15) is 0 Å². The highest BCUT2D eigenvalue weighted by Gasteiger charge is 2.12. The molecule has 0 saturated heterocycles. The van der Waals surface area contributed by atoms with Gasteiger partial charge in [0, 0.05) is 6.08 Å². The summed E-state index contributed by atoms with van der Waals surface area (Å²) in [5.74, 6) is 0.896. The summed E-state index contributed by atoms with van der Waals surface area (Å²) in [6.07, 6.45) is 9.04. The number of nitrogens with two attached hydrogens (primary N) is 1. The van der Waals surface area contributed by atoms with Gasteiger partial charge in [-0.15, -0.1) is 5.48 Å². The maximum atomic E-state index is 9.86. The predicted molar refractivity (Wildman–Crippen MR) is 68.7 cm³/mol. The number of nitrogens with one attached hydrogen (secondary N) is 1. The highest BCUT2D eigenvalue weighted by Crippen LogP contribution is 2.17. The molecule has 1 unspecified atom stereocenters. The van der Waals surface area contributed by atoms with Crippen LogP contribution in [0.3, 0.4) is 0 Å². The SMILES string of the molecule is C\C=C/C(O)=C(\C=C\C1C=C(N)ON1)C(C)C. The van der Waals surface area contributed by atoms with Crippen molar-refractivity contribution >= 4 is 0 Å². The quantitative estimate of drug-likeness (QED) is 0.517. The van der Waals surface area contributed by atoms with Gasteiger partial charge < -0.3 is 15.7 Å². The van der Waals surface area contributed by atoms with E-state index in [0.29, 0.717) is 5.88 Å². The molecule has 1 atom stereocenters. The second kappa shape index (κ2) is 6.15. The Morgan fingerprint density at radius 3 is 2.71 bits per heavy atom. The van der Waals surface area contributed by atoms with Crippen molar-refractivity contribution in [2.75, 3.05) is 0 Å². The van der Waals surface area contributed by atoms with Gasteiger partial charge in [0.2, 0.25) is 5.88 Å². The maximum Gasteiger partial charge on any atom is 0.207 e. The summed E-state index contributed by atoms with van der Waals surface area (Å²) < 4.78 is 0. The monoisotopic (exact) mass is 236 g/mol. The normalized spacial score (nSPS) is 22.1. The molecule has 1 rings (SSSR count). The van der Waals surface area contributed by atoms with Crippen LogP contribution in [0.5, 0.6) is 0 Å². The number of hydrogen-bond donors (Lipinski definition) is 3. The van der Waals surface area contributed by atoms with E-state index in [1.165, 1.54) is 0 Å². The van der Waals surface area contributed by atoms with Gasteiger partial charge in [0.15, 0.2) is 0 Å². The molecule has 1 heterocycles. The van der Waals surface area contributed by atoms with Crippen LogP contribution >= 0.6 is 0 Å². The van der Waals surface area contributed by atoms with Crippen LogP contribution in [-0.4, -0.2) is 11.1 Å². The van der Waals surface area contributed by atoms with Crippen LogP contribution in [0.25, 0.3) is 0 Å². The van der Waals surface area contributed by atoms with Crippen molar-refractivity contribution in [2.45, 2.75) is 26.8 Å². The molecule has 0 radical (unpaired) electrons. The summed E-state index contributed by atoms with van der Waals surface area (Å²) in [5, 5.41) is 9.86. The molecular formula is C13H20N2O2. The van der Waals surface area contributed by atoms with Crippen molar-refractivity contribution < 1.29 is 9.94 Å². The summed E-state index contributed by atoms with van der Waals surface area (Å²) in [4.78, 5) is 4.91. The lowest BCUT2D eigenvalue weighted by Crippen LogP contribution is -2.18. The molecule has 4 N–H and O–H groups in total. The molecule has 1 aliphatic heterocycles. The first-order valence-electron chi connectivity index (χ1n) is 5.68. The average molecular weight is 236 g/mol. The Hall–Kier alpha value is -1.68. The van der Waals surface area contributed by atoms with Crippen LogP contribution in [0, 0.1) is 5.92 Å². The third-order valence-electron chi connectivity index (χ3n) is 2.38. The second-order valence-corrected chi connectivity index (χ2v) is 4.17. The van der Waals surface area contributed by atoms with Gasteiger partial charge in [-0.25, -0.2) is 0 Å². The summed E-state index contributed by atoms with van der Waals surface area (Å²) in [6.45, 7) is 5.93. The van der Waals surface area contributed by atoms with Crippen LogP contribution in [0.1, 0.15) is 20.8 Å². The number of hydroxylamine groups is 1. The van der Waals surface area contributed by atoms with Crippen LogP contribution in [-0.2, 0) is 4.84 Å². The fraction of sp³-hybridized carbons (Fsp3) is 0.385. The topological polar surface area (TPSA) is 67.5 Å². The molecule has 17 heavy (non-hydrogen) atoms. The van der Waals surface area contributed by atoms with E-state index in [1.54, 1.807) is 18.2 Å². The van der Waals surface area contributed by atoms with Crippen molar-refractivity contribution in [3.8, 4) is 0 Å². The van der Waals surface area contributed by atoms with Crippen molar-refractivity contribution in [3.63, 3.8) is 0 Å². The highest BCUT2D eigenvalue weighted by atomic mass is 16.7. The zero-order valence-electron chi connectivity index (χ0n) is 10.5. The third-order valence-corrected chi connectivity index (χ3v) is 2.38. The highest BCUT2D eigenvalue weighted by molar-refractivity contribution is 5.31. The number of rotatable bonds is 4. The Balaban J connectivity index is 2.81. The van der Waals surface area contributed by atoms with E-state index >= 15 is 0 Å². The fourth-order valence-corrected chi connectivity index (χ4v) is 1.51. The second-order valence-electron chi connectivity index (χ2n) is 4.17. The standard InChI is InChI=1S/C13H20N2O2/c1-4-5-12(16)11(9(2)3)7-6-10-8-13(14)17-15-10/h4-10,15-16H,14H2,1-3H3/b5-4-,7-6+,12-11-. The number of aliphatic hydroxyl groups is 1. The maximum absolute atomic E-state index is 9.86. The number of aliphatic hydroxyl groups excluding tert-OH is 1. The molecule has 0 saturated carbocycles. The molecule has 0 fully saturated rings. The summed E-state index contributed by atoms with van der Waals surface area (Å²) in [5.41, 5.74) is 9.09. The zero-order chi connectivity index (χ0) is 12.8. The van der Waals surface area contributed by atoms with E-state index in [1.807, 2.05) is 32.9 Å². The summed E-state index contributed by atoms with van der Waals surface area (Å²) >= 11 is 0. The van der Waals surface area contributed by atoms with Crippen molar-refractivity contribution in [1.29, 1.82) is 0 Å². The molecule has 4 heteroatoms. The number of hydrogen-bond acceptors (Lipinski definition) is 4. The lowest BCUT2D eigenvalue weighted by Gasteiger charge is -2.09. The van der Waals surface area contributed by atoms with E-state index in [0.717, 1.165) is 5.57 Å². The van der Waals surface area contributed by atoms with Crippen LogP contribution in [0.4, 0.5) is 0 Å². The van der Waals surface area contributed by atoms with Crippen molar-refractivity contribution in [1.82, 2.24) is 5.48 Å². The lowest BCUT2D eigenvalue weighted by atomic mass is 10.00. The molecule has 0 aromatic carbocycles. The summed E-state index contributed by atoms with van der Waals surface area (Å²) in [6, 6.07) is -0.0536. The van der Waals surface area contributed by atoms with E-state index in [4.69, 9.17) is 10.6 Å². The predicted octanol–water partition coefficient (Wildman–Crippen LogP) is 2.29. The molecule has 0 aromatic rings. The minimum atomic E-state index is -0.0536. The Kier molecular flexibility index (Phi) is 4.84. The van der Waals surface area contributed by atoms with Gasteiger partial charge >= 0.3 is 0 Å². The van der Waals surface area contributed by atoms with E-state index in [-0.39, 0.29) is 17.7 Å². The minimum Gasteiger partial charge on any atom is -0.508 e. The van der Waals surface area contributed by atoms with Crippen LogP contribution < -0.4 is 11.2 Å². The Morgan fingerprint density at radius 2 is 2.24 bits per heavy atom. The Labute approximate surface area is 102 Å². The van der Waals surface area contributed by atoms with Gasteiger partial charge in [0.05, 0.1) is 6.04 Å². The van der Waals surface area contributed by atoms with Crippen molar-refractivity contribution in [3.05, 3.63) is 47.6 Å². The van der Waals surface area contributed by atoms with Gasteiger partial charge in [-0.05, 0) is 24.5 Å².